The molecule has 0 spiro atoms. The molecule has 0 aliphatic heterocycles. The van der Waals surface area contributed by atoms with Crippen molar-refractivity contribution in [1.29, 1.82) is 0 Å². The van der Waals surface area contributed by atoms with E-state index in [2.05, 4.69) is 10.6 Å². The van der Waals surface area contributed by atoms with Gasteiger partial charge in [0, 0.05) is 11.1 Å². The molecular formula is C17H20Cl2N2O5. The van der Waals surface area contributed by atoms with E-state index in [1.807, 2.05) is 0 Å². The Hall–Kier alpha value is -1.99. The molecule has 1 saturated carbocycles. The Morgan fingerprint density at radius 2 is 1.92 bits per heavy atom. The second-order valence-electron chi connectivity index (χ2n) is 5.95. The van der Waals surface area contributed by atoms with E-state index in [-0.39, 0.29) is 16.8 Å². The number of urea groups is 1. The summed E-state index contributed by atoms with van der Waals surface area (Å²) in [4.78, 5) is 35.2. The molecule has 0 radical (unpaired) electrons. The number of hydrogen-bond acceptors (Lipinski definition) is 5. The van der Waals surface area contributed by atoms with Crippen LogP contribution in [0.3, 0.4) is 0 Å². The lowest BCUT2D eigenvalue weighted by molar-refractivity contribution is -0.154. The topological polar surface area (TPSA) is 93.7 Å². The largest absolute Gasteiger partial charge is 0.477 e. The maximum Gasteiger partial charge on any atom is 0.347 e. The van der Waals surface area contributed by atoms with Crippen LogP contribution in [-0.4, -0.2) is 36.7 Å². The normalized spacial score (nSPS) is 15.2. The summed E-state index contributed by atoms with van der Waals surface area (Å²) in [5.41, 5.74) is 0. The van der Waals surface area contributed by atoms with Crippen molar-refractivity contribution in [3.63, 3.8) is 0 Å². The van der Waals surface area contributed by atoms with E-state index in [0.717, 1.165) is 25.7 Å². The van der Waals surface area contributed by atoms with Gasteiger partial charge in [-0.2, -0.15) is 0 Å². The first-order chi connectivity index (χ1) is 12.3. The average molecular weight is 403 g/mol. The molecule has 2 rings (SSSR count). The van der Waals surface area contributed by atoms with Gasteiger partial charge < -0.3 is 14.8 Å². The fourth-order valence-corrected chi connectivity index (χ4v) is 2.97. The van der Waals surface area contributed by atoms with Crippen molar-refractivity contribution < 1.29 is 23.9 Å². The number of benzene rings is 1. The molecule has 26 heavy (non-hydrogen) atoms. The lowest BCUT2D eigenvalue weighted by Crippen LogP contribution is -2.45. The Kier molecular flexibility index (Phi) is 7.53. The second-order valence-corrected chi connectivity index (χ2v) is 6.79. The quantitative estimate of drug-likeness (QED) is 0.712. The molecular weight excluding hydrogens is 383 g/mol. The highest BCUT2D eigenvalue weighted by Gasteiger charge is 2.21. The summed E-state index contributed by atoms with van der Waals surface area (Å²) in [6.45, 7) is 0.872. The third-order valence-corrected chi connectivity index (χ3v) is 4.35. The van der Waals surface area contributed by atoms with Gasteiger partial charge in [-0.05, 0) is 38.0 Å². The van der Waals surface area contributed by atoms with Gasteiger partial charge in [-0.25, -0.2) is 9.59 Å². The number of esters is 1. The number of amides is 3. The molecule has 1 aromatic carbocycles. The van der Waals surface area contributed by atoms with Crippen molar-refractivity contribution in [2.24, 2.45) is 0 Å². The van der Waals surface area contributed by atoms with E-state index in [9.17, 15) is 14.4 Å². The summed E-state index contributed by atoms with van der Waals surface area (Å²) < 4.78 is 10.2. The highest BCUT2D eigenvalue weighted by molar-refractivity contribution is 6.35. The molecule has 0 heterocycles. The highest BCUT2D eigenvalue weighted by atomic mass is 35.5. The zero-order valence-corrected chi connectivity index (χ0v) is 15.7. The Morgan fingerprint density at radius 1 is 1.23 bits per heavy atom. The maximum absolute atomic E-state index is 11.9. The molecule has 142 valence electrons. The fourth-order valence-electron chi connectivity index (χ4n) is 2.52. The standard InChI is InChI=1S/C17H20Cl2N2O5/c1-10(26-14-7-6-11(18)8-13(14)19)16(23)25-9-15(22)21-17(24)20-12-4-2-3-5-12/h6-8,10,12H,2-5,9H2,1H3,(H2,20,21,22,24)/t10-/m0/s1. The number of carbonyl (C=O) groups excluding carboxylic acids is 3. The summed E-state index contributed by atoms with van der Waals surface area (Å²) in [5.74, 6) is -1.21. The molecule has 0 bridgehead atoms. The van der Waals surface area contributed by atoms with Gasteiger partial charge in [0.15, 0.2) is 12.7 Å². The van der Waals surface area contributed by atoms with Crippen LogP contribution in [0.5, 0.6) is 5.75 Å². The van der Waals surface area contributed by atoms with Crippen molar-refractivity contribution in [2.75, 3.05) is 6.61 Å². The number of ether oxygens (including phenoxy) is 2. The van der Waals surface area contributed by atoms with E-state index in [1.54, 1.807) is 6.07 Å². The van der Waals surface area contributed by atoms with Gasteiger partial charge in [-0.15, -0.1) is 0 Å². The SMILES string of the molecule is C[C@H](Oc1ccc(Cl)cc1Cl)C(=O)OCC(=O)NC(=O)NC1CCCC1. The Bertz CT molecular complexity index is 677. The van der Waals surface area contributed by atoms with Crippen molar-refractivity contribution in [3.05, 3.63) is 28.2 Å². The second kappa shape index (κ2) is 9.64. The van der Waals surface area contributed by atoms with Crippen molar-refractivity contribution in [2.45, 2.75) is 44.8 Å². The average Bonchev–Trinajstić information content (AvgIpc) is 3.07. The molecule has 1 aliphatic rings. The van der Waals surface area contributed by atoms with Crippen LogP contribution in [0, 0.1) is 0 Å². The Balaban J connectivity index is 1.72. The van der Waals surface area contributed by atoms with Gasteiger partial charge in [-0.1, -0.05) is 36.0 Å². The van der Waals surface area contributed by atoms with Crippen molar-refractivity contribution in [1.82, 2.24) is 10.6 Å². The summed E-state index contributed by atoms with van der Waals surface area (Å²) in [5, 5.41) is 5.51. The highest BCUT2D eigenvalue weighted by Crippen LogP contribution is 2.28. The summed E-state index contributed by atoms with van der Waals surface area (Å²) >= 11 is 11.7. The zero-order valence-electron chi connectivity index (χ0n) is 14.2. The van der Waals surface area contributed by atoms with Crippen LogP contribution < -0.4 is 15.4 Å². The Labute approximate surface area is 161 Å². The minimum atomic E-state index is -0.992. The van der Waals surface area contributed by atoms with E-state index < -0.39 is 30.6 Å². The minimum Gasteiger partial charge on any atom is -0.477 e. The van der Waals surface area contributed by atoms with Crippen LogP contribution in [0.25, 0.3) is 0 Å². The first-order valence-corrected chi connectivity index (χ1v) is 8.99. The van der Waals surface area contributed by atoms with Crippen molar-refractivity contribution >= 4 is 41.1 Å². The van der Waals surface area contributed by atoms with Crippen LogP contribution in [0.15, 0.2) is 18.2 Å². The molecule has 2 N–H and O–H groups in total. The van der Waals surface area contributed by atoms with Crippen LogP contribution in [0.2, 0.25) is 10.0 Å². The first kappa shape index (κ1) is 20.3. The van der Waals surface area contributed by atoms with E-state index in [0.29, 0.717) is 5.02 Å². The third kappa shape index (κ3) is 6.38. The predicted molar refractivity (Wildman–Crippen MR) is 96.4 cm³/mol. The summed E-state index contributed by atoms with van der Waals surface area (Å²) in [6, 6.07) is 4.07. The molecule has 1 fully saturated rings. The van der Waals surface area contributed by atoms with Gasteiger partial charge in [-0.3, -0.25) is 10.1 Å². The number of carbonyl (C=O) groups is 3. The number of halogens is 2. The molecule has 1 aliphatic carbocycles. The van der Waals surface area contributed by atoms with Gasteiger partial charge in [0.2, 0.25) is 0 Å². The molecule has 1 aromatic rings. The maximum atomic E-state index is 11.9. The van der Waals surface area contributed by atoms with Gasteiger partial charge >= 0.3 is 12.0 Å². The fraction of sp³-hybridized carbons (Fsp3) is 0.471. The third-order valence-electron chi connectivity index (χ3n) is 3.82. The van der Waals surface area contributed by atoms with E-state index >= 15 is 0 Å². The number of rotatable bonds is 6. The molecule has 0 saturated heterocycles. The van der Waals surface area contributed by atoms with Crippen LogP contribution in [0.4, 0.5) is 4.79 Å². The lowest BCUT2D eigenvalue weighted by Gasteiger charge is -2.15. The molecule has 0 unspecified atom stereocenters. The van der Waals surface area contributed by atoms with Gasteiger partial charge in [0.1, 0.15) is 5.75 Å². The number of nitrogens with one attached hydrogen (secondary N) is 2. The number of hydrogen-bond donors (Lipinski definition) is 2. The van der Waals surface area contributed by atoms with Crippen LogP contribution in [0.1, 0.15) is 32.6 Å². The first-order valence-electron chi connectivity index (χ1n) is 8.24. The molecule has 3 amide bonds. The summed E-state index contributed by atoms with van der Waals surface area (Å²) in [6.07, 6.45) is 2.93. The smallest absolute Gasteiger partial charge is 0.347 e. The van der Waals surface area contributed by atoms with E-state index in [4.69, 9.17) is 32.7 Å². The zero-order chi connectivity index (χ0) is 19.1. The molecule has 1 atom stereocenters. The number of imide groups is 1. The van der Waals surface area contributed by atoms with E-state index in [1.165, 1.54) is 19.1 Å². The Morgan fingerprint density at radius 3 is 2.58 bits per heavy atom. The molecule has 0 aromatic heterocycles. The molecule has 9 heteroatoms. The van der Waals surface area contributed by atoms with Crippen molar-refractivity contribution in [3.8, 4) is 5.75 Å². The van der Waals surface area contributed by atoms with Crippen LogP contribution in [-0.2, 0) is 14.3 Å². The monoisotopic (exact) mass is 402 g/mol. The van der Waals surface area contributed by atoms with Gasteiger partial charge in [0.25, 0.3) is 5.91 Å². The predicted octanol–water partition coefficient (Wildman–Crippen LogP) is 3.07. The summed E-state index contributed by atoms with van der Waals surface area (Å²) in [7, 11) is 0. The minimum absolute atomic E-state index is 0.0860. The lowest BCUT2D eigenvalue weighted by atomic mass is 10.2. The van der Waals surface area contributed by atoms with Crippen LogP contribution >= 0.6 is 23.2 Å². The molecule has 7 nitrogen and oxygen atoms in total. The van der Waals surface area contributed by atoms with Gasteiger partial charge in [0.05, 0.1) is 5.02 Å².